The van der Waals surface area contributed by atoms with Gasteiger partial charge in [0.1, 0.15) is 5.75 Å². The molecule has 0 saturated carbocycles. The Balaban J connectivity index is 1.97. The van der Waals surface area contributed by atoms with E-state index in [0.29, 0.717) is 13.0 Å². The second kappa shape index (κ2) is 6.43. The average molecular weight is 300 g/mol. The summed E-state index contributed by atoms with van der Waals surface area (Å²) >= 11 is 5.80. The Morgan fingerprint density at radius 2 is 2.20 bits per heavy atom. The first-order chi connectivity index (χ1) is 9.51. The van der Waals surface area contributed by atoms with E-state index in [1.165, 1.54) is 6.07 Å². The van der Waals surface area contributed by atoms with Crippen LogP contribution in [0.5, 0.6) is 5.75 Å². The maximum absolute atomic E-state index is 12.2. The van der Waals surface area contributed by atoms with Crippen molar-refractivity contribution in [1.29, 1.82) is 0 Å². The number of hydrogen-bond donors (Lipinski definition) is 3. The predicted octanol–water partition coefficient (Wildman–Crippen LogP) is 0.790. The third kappa shape index (κ3) is 3.42. The van der Waals surface area contributed by atoms with Gasteiger partial charge < -0.3 is 20.2 Å². The van der Waals surface area contributed by atoms with Crippen molar-refractivity contribution in [3.8, 4) is 5.75 Å². The number of piperidine rings is 1. The molecule has 0 radical (unpaired) electrons. The van der Waals surface area contributed by atoms with Gasteiger partial charge in [0.2, 0.25) is 5.91 Å². The second-order valence-electron chi connectivity index (χ2n) is 5.10. The first kappa shape index (κ1) is 15.1. The summed E-state index contributed by atoms with van der Waals surface area (Å²) in [5.74, 6) is -0.258. The van der Waals surface area contributed by atoms with E-state index < -0.39 is 6.10 Å². The lowest BCUT2D eigenvalue weighted by atomic mass is 9.94. The molecule has 20 heavy (non-hydrogen) atoms. The number of carbonyl (C=O) groups is 1. The van der Waals surface area contributed by atoms with E-state index in [1.807, 2.05) is 0 Å². The van der Waals surface area contributed by atoms with E-state index in [4.69, 9.17) is 16.7 Å². The smallest absolute Gasteiger partial charge is 0.227 e. The number of carbonyl (C=O) groups excluding carboxylic acids is 1. The first-order valence-electron chi connectivity index (χ1n) is 6.55. The molecule has 0 bridgehead atoms. The van der Waals surface area contributed by atoms with E-state index in [2.05, 4.69) is 0 Å². The van der Waals surface area contributed by atoms with Gasteiger partial charge in [0.05, 0.1) is 17.5 Å². The van der Waals surface area contributed by atoms with Gasteiger partial charge >= 0.3 is 0 Å². The molecule has 5 nitrogen and oxygen atoms in total. The summed E-state index contributed by atoms with van der Waals surface area (Å²) in [6.45, 7) is 0.722. The van der Waals surface area contributed by atoms with Gasteiger partial charge in [-0.25, -0.2) is 0 Å². The zero-order valence-electron chi connectivity index (χ0n) is 11.0. The van der Waals surface area contributed by atoms with Crippen molar-refractivity contribution < 1.29 is 20.1 Å². The normalized spacial score (nSPS) is 22.9. The molecule has 0 aliphatic carbocycles. The molecule has 6 heteroatoms. The minimum absolute atomic E-state index is 0.0120. The van der Waals surface area contributed by atoms with Crippen LogP contribution in [0.25, 0.3) is 0 Å². The number of rotatable bonds is 3. The van der Waals surface area contributed by atoms with E-state index in [-0.39, 0.29) is 42.2 Å². The molecule has 0 aromatic heterocycles. The fourth-order valence-corrected chi connectivity index (χ4v) is 2.57. The molecular weight excluding hydrogens is 282 g/mol. The summed E-state index contributed by atoms with van der Waals surface area (Å²) in [6.07, 6.45) is 0.0945. The van der Waals surface area contributed by atoms with Crippen molar-refractivity contribution in [3.05, 3.63) is 28.8 Å². The molecule has 1 aromatic carbocycles. The van der Waals surface area contributed by atoms with Crippen molar-refractivity contribution in [2.24, 2.45) is 5.92 Å². The van der Waals surface area contributed by atoms with Crippen LogP contribution in [0.1, 0.15) is 12.0 Å². The van der Waals surface area contributed by atoms with Crippen LogP contribution >= 0.6 is 11.6 Å². The minimum Gasteiger partial charge on any atom is -0.506 e. The second-order valence-corrected chi connectivity index (χ2v) is 5.51. The molecule has 0 spiro atoms. The van der Waals surface area contributed by atoms with Gasteiger partial charge in [0.25, 0.3) is 0 Å². The number of phenols is 1. The molecule has 1 fully saturated rings. The summed E-state index contributed by atoms with van der Waals surface area (Å²) in [4.78, 5) is 13.7. The largest absolute Gasteiger partial charge is 0.506 e. The standard InChI is InChI=1S/C14H18ClNO4/c15-11-5-9(1-2-12(11)18)6-14(20)16-4-3-10(8-17)13(19)7-16/h1-2,5,10,13,17-19H,3-4,6-8H2/t10-,13-/m0/s1. The Bertz CT molecular complexity index is 494. The molecule has 1 amide bonds. The third-order valence-corrected chi connectivity index (χ3v) is 3.98. The topological polar surface area (TPSA) is 81.0 Å². The van der Waals surface area contributed by atoms with Gasteiger partial charge in [0, 0.05) is 25.6 Å². The van der Waals surface area contributed by atoms with E-state index >= 15 is 0 Å². The highest BCUT2D eigenvalue weighted by atomic mass is 35.5. The molecule has 1 aliphatic rings. The molecule has 1 heterocycles. The number of β-amino-alcohol motifs (C(OH)–C–C–N with tert-alkyl or cyclic N) is 1. The molecular formula is C14H18ClNO4. The molecule has 3 N–H and O–H groups in total. The summed E-state index contributed by atoms with van der Waals surface area (Å²) in [6, 6.07) is 4.67. The maximum atomic E-state index is 12.2. The van der Waals surface area contributed by atoms with Crippen LogP contribution in [0.4, 0.5) is 0 Å². The number of amides is 1. The number of halogens is 1. The van der Waals surface area contributed by atoms with Crippen LogP contribution in [-0.2, 0) is 11.2 Å². The van der Waals surface area contributed by atoms with Crippen molar-refractivity contribution in [3.63, 3.8) is 0 Å². The molecule has 1 aromatic rings. The lowest BCUT2D eigenvalue weighted by Gasteiger charge is -2.35. The quantitative estimate of drug-likeness (QED) is 0.771. The van der Waals surface area contributed by atoms with Gasteiger partial charge in [-0.2, -0.15) is 0 Å². The van der Waals surface area contributed by atoms with Gasteiger partial charge in [-0.3, -0.25) is 4.79 Å². The van der Waals surface area contributed by atoms with Gasteiger partial charge in [-0.15, -0.1) is 0 Å². The third-order valence-electron chi connectivity index (χ3n) is 3.68. The van der Waals surface area contributed by atoms with Crippen molar-refractivity contribution in [2.75, 3.05) is 19.7 Å². The van der Waals surface area contributed by atoms with Gasteiger partial charge in [-0.1, -0.05) is 17.7 Å². The average Bonchev–Trinajstić information content (AvgIpc) is 2.42. The lowest BCUT2D eigenvalue weighted by Crippen LogP contribution is -2.48. The Kier molecular flexibility index (Phi) is 4.86. The van der Waals surface area contributed by atoms with E-state index in [1.54, 1.807) is 17.0 Å². The monoisotopic (exact) mass is 299 g/mol. The lowest BCUT2D eigenvalue weighted by molar-refractivity contribution is -0.135. The SMILES string of the molecule is O=C(Cc1ccc(O)c(Cl)c1)N1CC[C@@H](CO)[C@@H](O)C1. The Labute approximate surface area is 122 Å². The highest BCUT2D eigenvalue weighted by molar-refractivity contribution is 6.32. The number of benzene rings is 1. The molecule has 1 aliphatic heterocycles. The zero-order chi connectivity index (χ0) is 14.7. The number of nitrogens with zero attached hydrogens (tertiary/aromatic N) is 1. The Hall–Kier alpha value is -1.30. The molecule has 2 atom stereocenters. The van der Waals surface area contributed by atoms with Crippen molar-refractivity contribution in [2.45, 2.75) is 18.9 Å². The fourth-order valence-electron chi connectivity index (χ4n) is 2.37. The zero-order valence-corrected chi connectivity index (χ0v) is 11.8. The maximum Gasteiger partial charge on any atom is 0.227 e. The number of phenolic OH excluding ortho intramolecular Hbond substituents is 1. The van der Waals surface area contributed by atoms with Crippen LogP contribution < -0.4 is 0 Å². The first-order valence-corrected chi connectivity index (χ1v) is 6.93. The van der Waals surface area contributed by atoms with E-state index in [9.17, 15) is 15.0 Å². The van der Waals surface area contributed by atoms with Crippen LogP contribution in [0.2, 0.25) is 5.02 Å². The predicted molar refractivity (Wildman–Crippen MR) is 74.6 cm³/mol. The van der Waals surface area contributed by atoms with Gasteiger partial charge in [0.15, 0.2) is 0 Å². The summed E-state index contributed by atoms with van der Waals surface area (Å²) in [7, 11) is 0. The van der Waals surface area contributed by atoms with Crippen LogP contribution in [0.3, 0.4) is 0 Å². The Morgan fingerprint density at radius 3 is 2.80 bits per heavy atom. The summed E-state index contributed by atoms with van der Waals surface area (Å²) in [5.41, 5.74) is 0.719. The van der Waals surface area contributed by atoms with Crippen LogP contribution in [0, 0.1) is 5.92 Å². The number of aliphatic hydroxyl groups is 2. The summed E-state index contributed by atoms with van der Waals surface area (Å²) < 4.78 is 0. The molecule has 0 unspecified atom stereocenters. The number of aromatic hydroxyl groups is 1. The van der Waals surface area contributed by atoms with Gasteiger partial charge in [-0.05, 0) is 24.1 Å². The van der Waals surface area contributed by atoms with Crippen LogP contribution in [0.15, 0.2) is 18.2 Å². The van der Waals surface area contributed by atoms with E-state index in [0.717, 1.165) is 5.56 Å². The number of hydrogen-bond acceptors (Lipinski definition) is 4. The number of aliphatic hydroxyl groups excluding tert-OH is 2. The minimum atomic E-state index is -0.680. The molecule has 2 rings (SSSR count). The fraction of sp³-hybridized carbons (Fsp3) is 0.500. The molecule has 110 valence electrons. The molecule has 1 saturated heterocycles. The Morgan fingerprint density at radius 1 is 1.45 bits per heavy atom. The number of likely N-dealkylation sites (tertiary alicyclic amines) is 1. The highest BCUT2D eigenvalue weighted by Gasteiger charge is 2.29. The summed E-state index contributed by atoms with van der Waals surface area (Å²) in [5, 5.41) is 28.5. The highest BCUT2D eigenvalue weighted by Crippen LogP contribution is 2.24. The van der Waals surface area contributed by atoms with Crippen LogP contribution in [-0.4, -0.2) is 51.9 Å². The van der Waals surface area contributed by atoms with Crippen molar-refractivity contribution >= 4 is 17.5 Å². The van der Waals surface area contributed by atoms with Crippen molar-refractivity contribution in [1.82, 2.24) is 4.90 Å².